The highest BCUT2D eigenvalue weighted by Crippen LogP contribution is 2.31. The molecule has 1 aromatic heterocycles. The number of anilines is 2. The van der Waals surface area contributed by atoms with Crippen LogP contribution in [-0.2, 0) is 0 Å². The average Bonchev–Trinajstić information content (AvgIpc) is 3.27. The van der Waals surface area contributed by atoms with E-state index in [1.165, 1.54) is 0 Å². The van der Waals surface area contributed by atoms with Crippen LogP contribution in [-0.4, -0.2) is 24.8 Å². The summed E-state index contributed by atoms with van der Waals surface area (Å²) in [5.41, 5.74) is 2.79. The molecule has 3 amide bonds. The second-order valence-electron chi connectivity index (χ2n) is 7.41. The fraction of sp³-hybridized carbons (Fsp3) is 0.0800. The Morgan fingerprint density at radius 3 is 2.34 bits per heavy atom. The number of hydrogen-bond acceptors (Lipinski definition) is 5. The maximum atomic E-state index is 12.9. The van der Waals surface area contributed by atoms with Gasteiger partial charge in [-0.05, 0) is 55.5 Å². The maximum absolute atomic E-state index is 12.9. The van der Waals surface area contributed by atoms with E-state index in [9.17, 15) is 14.4 Å². The molecule has 2 heterocycles. The summed E-state index contributed by atoms with van der Waals surface area (Å²) >= 11 is 0. The molecule has 7 nitrogen and oxygen atoms in total. The number of amides is 3. The SMILES string of the molecule is COc1ccc2oc(C(=O)Nc3cccc(N4C(=O)c5ccccc5C4=O)c3)c(C)c2c1. The van der Waals surface area contributed by atoms with E-state index >= 15 is 0 Å². The Morgan fingerprint density at radius 2 is 1.66 bits per heavy atom. The van der Waals surface area contributed by atoms with Crippen LogP contribution in [0.25, 0.3) is 11.0 Å². The smallest absolute Gasteiger partial charge is 0.291 e. The van der Waals surface area contributed by atoms with Gasteiger partial charge in [-0.25, -0.2) is 4.90 Å². The summed E-state index contributed by atoms with van der Waals surface area (Å²) in [5, 5.41) is 3.58. The Bertz CT molecular complexity index is 1380. The largest absolute Gasteiger partial charge is 0.497 e. The summed E-state index contributed by atoms with van der Waals surface area (Å²) < 4.78 is 11.0. The van der Waals surface area contributed by atoms with E-state index in [-0.39, 0.29) is 5.76 Å². The van der Waals surface area contributed by atoms with Crippen molar-refractivity contribution >= 4 is 40.1 Å². The fourth-order valence-corrected chi connectivity index (χ4v) is 3.88. The standard InChI is InChI=1S/C25H18N2O5/c1-14-20-13-17(31-2)10-11-21(20)32-22(14)23(28)26-15-6-5-7-16(12-15)27-24(29)18-8-3-4-9-19(18)25(27)30/h3-13H,1-2H3,(H,26,28). The summed E-state index contributed by atoms with van der Waals surface area (Å²) in [7, 11) is 1.57. The summed E-state index contributed by atoms with van der Waals surface area (Å²) in [6.07, 6.45) is 0. The molecule has 1 aliphatic rings. The van der Waals surface area contributed by atoms with E-state index in [0.29, 0.717) is 39.4 Å². The van der Waals surface area contributed by atoms with Gasteiger partial charge < -0.3 is 14.5 Å². The fourth-order valence-electron chi connectivity index (χ4n) is 3.88. The number of methoxy groups -OCH3 is 1. The number of ether oxygens (including phenoxy) is 1. The minimum absolute atomic E-state index is 0.180. The minimum Gasteiger partial charge on any atom is -0.497 e. The van der Waals surface area contributed by atoms with E-state index in [2.05, 4.69) is 5.32 Å². The molecule has 4 aromatic rings. The molecular weight excluding hydrogens is 408 g/mol. The van der Waals surface area contributed by atoms with Crippen LogP contribution in [0, 0.1) is 6.92 Å². The number of nitrogens with zero attached hydrogens (tertiary/aromatic N) is 1. The van der Waals surface area contributed by atoms with Gasteiger partial charge in [-0.3, -0.25) is 14.4 Å². The van der Waals surface area contributed by atoms with Gasteiger partial charge in [-0.15, -0.1) is 0 Å². The molecular formula is C25H18N2O5. The molecule has 1 N–H and O–H groups in total. The van der Waals surface area contributed by atoms with Gasteiger partial charge in [0.1, 0.15) is 11.3 Å². The monoisotopic (exact) mass is 426 g/mol. The predicted octanol–water partition coefficient (Wildman–Crippen LogP) is 4.80. The maximum Gasteiger partial charge on any atom is 0.291 e. The van der Waals surface area contributed by atoms with E-state index in [4.69, 9.17) is 9.15 Å². The Balaban J connectivity index is 1.43. The molecule has 0 unspecified atom stereocenters. The first kappa shape index (κ1) is 19.6. The van der Waals surface area contributed by atoms with Gasteiger partial charge in [-0.2, -0.15) is 0 Å². The molecule has 0 bridgehead atoms. The number of aryl methyl sites for hydroxylation is 1. The number of carbonyl (C=O) groups excluding carboxylic acids is 3. The number of carbonyl (C=O) groups is 3. The number of benzene rings is 3. The molecule has 0 spiro atoms. The zero-order chi connectivity index (χ0) is 22.4. The van der Waals surface area contributed by atoms with Crippen LogP contribution in [0.1, 0.15) is 36.8 Å². The summed E-state index contributed by atoms with van der Waals surface area (Å²) in [6.45, 7) is 1.80. The Labute approximate surface area is 183 Å². The lowest BCUT2D eigenvalue weighted by molar-refractivity contribution is 0.0925. The molecule has 0 saturated heterocycles. The highest BCUT2D eigenvalue weighted by atomic mass is 16.5. The molecule has 32 heavy (non-hydrogen) atoms. The average molecular weight is 426 g/mol. The molecule has 158 valence electrons. The molecule has 0 saturated carbocycles. The van der Waals surface area contributed by atoms with Gasteiger partial charge in [0.2, 0.25) is 0 Å². The first-order chi connectivity index (χ1) is 15.5. The first-order valence-corrected chi connectivity index (χ1v) is 9.94. The first-order valence-electron chi connectivity index (χ1n) is 9.94. The van der Waals surface area contributed by atoms with Crippen molar-refractivity contribution < 1.29 is 23.5 Å². The van der Waals surface area contributed by atoms with Crippen molar-refractivity contribution in [2.75, 3.05) is 17.3 Å². The second-order valence-corrected chi connectivity index (χ2v) is 7.41. The molecule has 7 heteroatoms. The van der Waals surface area contributed by atoms with Crippen molar-refractivity contribution in [1.82, 2.24) is 0 Å². The van der Waals surface area contributed by atoms with E-state index < -0.39 is 17.7 Å². The third-order valence-electron chi connectivity index (χ3n) is 5.51. The Hall–Kier alpha value is -4.39. The number of hydrogen-bond donors (Lipinski definition) is 1. The normalized spacial score (nSPS) is 12.9. The van der Waals surface area contributed by atoms with Crippen molar-refractivity contribution in [3.8, 4) is 5.75 Å². The van der Waals surface area contributed by atoms with Crippen LogP contribution in [0.5, 0.6) is 5.75 Å². The van der Waals surface area contributed by atoms with Crippen molar-refractivity contribution in [3.05, 3.63) is 89.2 Å². The highest BCUT2D eigenvalue weighted by Gasteiger charge is 2.36. The molecule has 5 rings (SSSR count). The van der Waals surface area contributed by atoms with Crippen LogP contribution in [0.15, 0.2) is 71.1 Å². The molecule has 0 radical (unpaired) electrons. The van der Waals surface area contributed by atoms with Crippen molar-refractivity contribution in [2.24, 2.45) is 0 Å². The van der Waals surface area contributed by atoms with Crippen LogP contribution in [0.3, 0.4) is 0 Å². The van der Waals surface area contributed by atoms with Crippen LogP contribution in [0.4, 0.5) is 11.4 Å². The third-order valence-corrected chi connectivity index (χ3v) is 5.51. The topological polar surface area (TPSA) is 88.8 Å². The second kappa shape index (κ2) is 7.39. The van der Waals surface area contributed by atoms with Crippen molar-refractivity contribution in [2.45, 2.75) is 6.92 Å². The van der Waals surface area contributed by atoms with E-state index in [0.717, 1.165) is 10.3 Å². The minimum atomic E-state index is -0.433. The number of furan rings is 1. The van der Waals surface area contributed by atoms with Crippen LogP contribution in [0.2, 0.25) is 0 Å². The van der Waals surface area contributed by atoms with Crippen molar-refractivity contribution in [1.29, 1.82) is 0 Å². The number of nitrogens with one attached hydrogen (secondary N) is 1. The molecule has 3 aromatic carbocycles. The number of fused-ring (bicyclic) bond motifs is 2. The zero-order valence-corrected chi connectivity index (χ0v) is 17.3. The van der Waals surface area contributed by atoms with Gasteiger partial charge in [0.25, 0.3) is 17.7 Å². The van der Waals surface area contributed by atoms with Gasteiger partial charge in [0.15, 0.2) is 5.76 Å². The molecule has 0 aliphatic carbocycles. The van der Waals surface area contributed by atoms with Crippen molar-refractivity contribution in [3.63, 3.8) is 0 Å². The Kier molecular flexibility index (Phi) is 4.52. The lowest BCUT2D eigenvalue weighted by Crippen LogP contribution is -2.29. The van der Waals surface area contributed by atoms with Gasteiger partial charge in [-0.1, -0.05) is 18.2 Å². The van der Waals surface area contributed by atoms with Crippen LogP contribution < -0.4 is 15.0 Å². The highest BCUT2D eigenvalue weighted by molar-refractivity contribution is 6.34. The van der Waals surface area contributed by atoms with E-state index in [1.54, 1.807) is 74.7 Å². The van der Waals surface area contributed by atoms with E-state index in [1.807, 2.05) is 6.07 Å². The molecule has 0 atom stereocenters. The summed E-state index contributed by atoms with van der Waals surface area (Å²) in [4.78, 5) is 39.5. The lowest BCUT2D eigenvalue weighted by atomic mass is 10.1. The predicted molar refractivity (Wildman–Crippen MR) is 119 cm³/mol. The zero-order valence-electron chi connectivity index (χ0n) is 17.3. The molecule has 1 aliphatic heterocycles. The van der Waals surface area contributed by atoms with Gasteiger partial charge in [0.05, 0.1) is 23.9 Å². The summed E-state index contributed by atoms with van der Waals surface area (Å²) in [6, 6.07) is 18.6. The molecule has 0 fully saturated rings. The number of imide groups is 1. The van der Waals surface area contributed by atoms with Gasteiger partial charge >= 0.3 is 0 Å². The Morgan fingerprint density at radius 1 is 0.938 bits per heavy atom. The van der Waals surface area contributed by atoms with Crippen LogP contribution >= 0.6 is 0 Å². The third kappa shape index (κ3) is 3.02. The quantitative estimate of drug-likeness (QED) is 0.474. The lowest BCUT2D eigenvalue weighted by Gasteiger charge is -2.15. The van der Waals surface area contributed by atoms with Gasteiger partial charge in [0, 0.05) is 16.6 Å². The summed E-state index contributed by atoms with van der Waals surface area (Å²) in [5.74, 6) is -0.370. The number of rotatable bonds is 4.